The van der Waals surface area contributed by atoms with Crippen LogP contribution in [0.25, 0.3) is 0 Å². The lowest BCUT2D eigenvalue weighted by Gasteiger charge is -2.34. The summed E-state index contributed by atoms with van der Waals surface area (Å²) in [4.78, 5) is 40.7. The number of sulfonamides is 1. The number of rotatable bonds is 14. The topological polar surface area (TPSA) is 139 Å². The lowest BCUT2D eigenvalue weighted by Crippen LogP contribution is -2.54. The molecule has 2 amide bonds. The van der Waals surface area contributed by atoms with Crippen molar-refractivity contribution in [3.8, 4) is 5.75 Å². The molecule has 0 radical (unpaired) electrons. The number of hydrogen-bond donors (Lipinski definition) is 1. The highest BCUT2D eigenvalue weighted by Crippen LogP contribution is 2.36. The first-order valence-corrected chi connectivity index (χ1v) is 17.3. The maximum Gasteiger partial charge on any atom is 0.273 e. The van der Waals surface area contributed by atoms with Crippen molar-refractivity contribution in [3.05, 3.63) is 128 Å². The molecule has 0 aliphatic heterocycles. The number of nitro benzene ring substituents is 1. The van der Waals surface area contributed by atoms with E-state index in [1.165, 1.54) is 49.3 Å². The fourth-order valence-electron chi connectivity index (χ4n) is 5.35. The number of nitrogens with zero attached hydrogens (tertiary/aromatic N) is 3. The zero-order valence-corrected chi connectivity index (χ0v) is 29.5. The second-order valence-corrected chi connectivity index (χ2v) is 14.1. The molecule has 4 aromatic rings. The molecule has 1 N–H and O–H groups in total. The van der Waals surface area contributed by atoms with Crippen LogP contribution in [0.4, 0.5) is 11.4 Å². The average Bonchev–Trinajstić information content (AvgIpc) is 3.05. The molecular weight excluding hydrogens is 668 g/mol. The number of aryl methyl sites for hydroxylation is 2. The van der Waals surface area contributed by atoms with Crippen LogP contribution in [-0.2, 0) is 32.6 Å². The fourth-order valence-corrected chi connectivity index (χ4v) is 6.95. The van der Waals surface area contributed by atoms with E-state index in [2.05, 4.69) is 5.32 Å². The van der Waals surface area contributed by atoms with Crippen molar-refractivity contribution in [1.82, 2.24) is 10.2 Å². The Morgan fingerprint density at radius 3 is 2.24 bits per heavy atom. The second kappa shape index (κ2) is 16.0. The summed E-state index contributed by atoms with van der Waals surface area (Å²) in [5.74, 6) is -1.02. The highest BCUT2D eigenvalue weighted by Gasteiger charge is 2.36. The molecule has 258 valence electrons. The smallest absolute Gasteiger partial charge is 0.273 e. The molecule has 1 atom stereocenters. The Hall–Kier alpha value is -4.94. The molecule has 11 nitrogen and oxygen atoms in total. The van der Waals surface area contributed by atoms with Gasteiger partial charge in [0.2, 0.25) is 11.8 Å². The summed E-state index contributed by atoms with van der Waals surface area (Å²) in [5.41, 5.74) is 2.22. The van der Waals surface area contributed by atoms with Crippen LogP contribution in [0, 0.1) is 24.0 Å². The molecule has 0 heterocycles. The summed E-state index contributed by atoms with van der Waals surface area (Å²) >= 11 is 6.34. The van der Waals surface area contributed by atoms with Gasteiger partial charge in [-0.25, -0.2) is 8.42 Å². The molecule has 0 saturated carbocycles. The van der Waals surface area contributed by atoms with Crippen LogP contribution in [-0.4, -0.2) is 55.8 Å². The zero-order chi connectivity index (χ0) is 35.9. The van der Waals surface area contributed by atoms with Crippen molar-refractivity contribution < 1.29 is 27.7 Å². The van der Waals surface area contributed by atoms with E-state index in [-0.39, 0.29) is 41.0 Å². The summed E-state index contributed by atoms with van der Waals surface area (Å²) in [5, 5.41) is 14.9. The monoisotopic (exact) mass is 706 g/mol. The number of amides is 2. The molecule has 0 saturated heterocycles. The first-order valence-electron chi connectivity index (χ1n) is 15.5. The number of carbonyl (C=O) groups excluding carboxylic acids is 2. The third-order valence-electron chi connectivity index (χ3n) is 7.96. The van der Waals surface area contributed by atoms with E-state index in [9.17, 15) is 28.1 Å². The molecule has 13 heteroatoms. The third-order valence-corrected chi connectivity index (χ3v) is 9.95. The van der Waals surface area contributed by atoms with Gasteiger partial charge in [-0.3, -0.25) is 24.0 Å². The zero-order valence-electron chi connectivity index (χ0n) is 27.9. The molecule has 49 heavy (non-hydrogen) atoms. The van der Waals surface area contributed by atoms with Gasteiger partial charge in [-0.05, 0) is 68.7 Å². The Kier molecular flexibility index (Phi) is 12.0. The summed E-state index contributed by atoms with van der Waals surface area (Å²) in [7, 11) is -3.33. The van der Waals surface area contributed by atoms with E-state index in [0.29, 0.717) is 0 Å². The maximum absolute atomic E-state index is 14.7. The van der Waals surface area contributed by atoms with Crippen LogP contribution in [0.3, 0.4) is 0 Å². The minimum atomic E-state index is -4.67. The van der Waals surface area contributed by atoms with Crippen LogP contribution in [0.1, 0.15) is 36.1 Å². The van der Waals surface area contributed by atoms with Crippen LogP contribution in [0.15, 0.2) is 95.9 Å². The highest BCUT2D eigenvalue weighted by atomic mass is 35.5. The molecule has 1 unspecified atom stereocenters. The largest absolute Gasteiger partial charge is 0.495 e. The van der Waals surface area contributed by atoms with Gasteiger partial charge in [0.15, 0.2) is 0 Å². The molecule has 0 aliphatic rings. The SMILES string of the molecule is COc1ccc(Cl)cc1N(CC(=O)N(Cc1ccccc1C)C(Cc1ccccc1)C(=O)NC(C)C)S(=O)(=O)c1ccc(C)c([N+](=O)[O-])c1. The number of carbonyl (C=O) groups is 2. The van der Waals surface area contributed by atoms with Gasteiger partial charge in [-0.1, -0.05) is 72.3 Å². The van der Waals surface area contributed by atoms with Gasteiger partial charge in [0, 0.05) is 35.7 Å². The van der Waals surface area contributed by atoms with E-state index >= 15 is 0 Å². The van der Waals surface area contributed by atoms with E-state index in [0.717, 1.165) is 27.1 Å². The first-order chi connectivity index (χ1) is 23.2. The van der Waals surface area contributed by atoms with Crippen molar-refractivity contribution in [2.24, 2.45) is 0 Å². The number of hydrogen-bond acceptors (Lipinski definition) is 7. The molecule has 0 spiro atoms. The van der Waals surface area contributed by atoms with Gasteiger partial charge in [-0.2, -0.15) is 0 Å². The molecule has 4 aromatic carbocycles. The quantitative estimate of drug-likeness (QED) is 0.121. The van der Waals surface area contributed by atoms with Crippen LogP contribution >= 0.6 is 11.6 Å². The van der Waals surface area contributed by atoms with Crippen LogP contribution < -0.4 is 14.4 Å². The van der Waals surface area contributed by atoms with Crippen molar-refractivity contribution >= 4 is 44.8 Å². The van der Waals surface area contributed by atoms with Gasteiger partial charge in [0.1, 0.15) is 18.3 Å². The number of anilines is 1. The summed E-state index contributed by atoms with van der Waals surface area (Å²) < 4.78 is 35.2. The van der Waals surface area contributed by atoms with Gasteiger partial charge in [0.25, 0.3) is 15.7 Å². The maximum atomic E-state index is 14.7. The van der Waals surface area contributed by atoms with Crippen molar-refractivity contribution in [2.75, 3.05) is 18.0 Å². The molecule has 4 rings (SSSR count). The van der Waals surface area contributed by atoms with Gasteiger partial charge >= 0.3 is 0 Å². The summed E-state index contributed by atoms with van der Waals surface area (Å²) in [6.45, 7) is 6.21. The van der Waals surface area contributed by atoms with Crippen molar-refractivity contribution in [2.45, 2.75) is 57.6 Å². The second-order valence-electron chi connectivity index (χ2n) is 11.9. The minimum absolute atomic E-state index is 0.00884. The third kappa shape index (κ3) is 8.95. The Labute approximate surface area is 291 Å². The number of nitrogens with one attached hydrogen (secondary N) is 1. The van der Waals surface area contributed by atoms with Crippen molar-refractivity contribution in [3.63, 3.8) is 0 Å². The lowest BCUT2D eigenvalue weighted by molar-refractivity contribution is -0.385. The number of nitro groups is 1. The lowest BCUT2D eigenvalue weighted by atomic mass is 10.0. The van der Waals surface area contributed by atoms with E-state index in [1.54, 1.807) is 0 Å². The standard InChI is InChI=1S/C36H39ClN4O7S/c1-24(2)38-36(43)33(19-27-12-7-6-8-13-27)39(22-28-14-10-9-11-25(28)3)35(42)23-40(32-20-29(37)16-18-34(32)48-5)49(46,47)30-17-15-26(4)31(21-30)41(44)45/h6-18,20-21,24,33H,19,22-23H2,1-5H3,(H,38,43). The normalized spacial score (nSPS) is 11.9. The predicted octanol–water partition coefficient (Wildman–Crippen LogP) is 6.23. The molecule has 0 aromatic heterocycles. The van der Waals surface area contributed by atoms with Gasteiger partial charge < -0.3 is 15.0 Å². The molecule has 0 fully saturated rings. The van der Waals surface area contributed by atoms with Gasteiger partial charge in [-0.15, -0.1) is 0 Å². The van der Waals surface area contributed by atoms with Crippen LogP contribution in [0.5, 0.6) is 5.75 Å². The average molecular weight is 707 g/mol. The molecule has 0 aliphatic carbocycles. The fraction of sp³-hybridized carbons (Fsp3) is 0.278. The Bertz CT molecular complexity index is 1940. The number of halogens is 1. The summed E-state index contributed by atoms with van der Waals surface area (Å²) in [6.07, 6.45) is 0.147. The number of benzene rings is 4. The van der Waals surface area contributed by atoms with E-state index < -0.39 is 49.9 Å². The Morgan fingerprint density at radius 2 is 1.61 bits per heavy atom. The van der Waals surface area contributed by atoms with E-state index in [1.807, 2.05) is 75.4 Å². The number of methoxy groups -OCH3 is 1. The highest BCUT2D eigenvalue weighted by molar-refractivity contribution is 7.92. The first kappa shape index (κ1) is 36.9. The van der Waals surface area contributed by atoms with Crippen LogP contribution in [0.2, 0.25) is 5.02 Å². The Balaban J connectivity index is 1.90. The predicted molar refractivity (Wildman–Crippen MR) is 189 cm³/mol. The molecular formula is C36H39ClN4O7S. The summed E-state index contributed by atoms with van der Waals surface area (Å²) in [6, 6.07) is 23.2. The van der Waals surface area contributed by atoms with E-state index in [4.69, 9.17) is 16.3 Å². The molecule has 0 bridgehead atoms. The number of ether oxygens (including phenoxy) is 1. The van der Waals surface area contributed by atoms with Crippen molar-refractivity contribution in [1.29, 1.82) is 0 Å². The Morgan fingerprint density at radius 1 is 0.939 bits per heavy atom. The van der Waals surface area contributed by atoms with Gasteiger partial charge in [0.05, 0.1) is 22.6 Å². The minimum Gasteiger partial charge on any atom is -0.495 e.